The summed E-state index contributed by atoms with van der Waals surface area (Å²) < 4.78 is 5.45. The summed E-state index contributed by atoms with van der Waals surface area (Å²) in [7, 11) is 0. The quantitative estimate of drug-likeness (QED) is 0.479. The van der Waals surface area contributed by atoms with Gasteiger partial charge in [-0.3, -0.25) is 9.59 Å². The van der Waals surface area contributed by atoms with Gasteiger partial charge in [-0.05, 0) is 31.6 Å². The van der Waals surface area contributed by atoms with E-state index in [1.54, 1.807) is 13.0 Å². The van der Waals surface area contributed by atoms with Gasteiger partial charge in [-0.15, -0.1) is 0 Å². The Morgan fingerprint density at radius 2 is 1.90 bits per heavy atom. The normalized spacial score (nSPS) is 17.6. The van der Waals surface area contributed by atoms with Crippen LogP contribution in [-0.4, -0.2) is 18.2 Å². The first-order valence-electron chi connectivity index (χ1n) is 6.51. The maximum atomic E-state index is 12.0. The van der Waals surface area contributed by atoms with Crippen molar-refractivity contribution < 1.29 is 14.3 Å². The highest BCUT2D eigenvalue weighted by Gasteiger charge is 2.29. The molecule has 102 valence electrons. The number of rotatable bonds is 4. The molecule has 0 radical (unpaired) electrons. The average molecular weight is 268 g/mol. The molecule has 0 bridgehead atoms. The molecule has 0 amide bonds. The summed E-state index contributed by atoms with van der Waals surface area (Å²) in [5.41, 5.74) is 1.56. The molecule has 0 fully saturated rings. The third-order valence-electron chi connectivity index (χ3n) is 2.95. The number of Topliss-reactive ketones (excluding diaryl/α,β-unsaturated/α-hetero) is 1. The second-order valence-electron chi connectivity index (χ2n) is 4.44. The standard InChI is InChI=1S/C17H16O3/c1-3-20-15(10-9-13-7-5-4-6-8-13)16-14(18)11-12(2)17(16)19/h4-11H,3H2,1-2H3/b10-9+,16-15-. The fourth-order valence-corrected chi connectivity index (χ4v) is 1.97. The zero-order valence-electron chi connectivity index (χ0n) is 11.6. The lowest BCUT2D eigenvalue weighted by Gasteiger charge is -2.07. The summed E-state index contributed by atoms with van der Waals surface area (Å²) in [5.74, 6) is -0.204. The lowest BCUT2D eigenvalue weighted by atomic mass is 10.1. The van der Waals surface area contributed by atoms with Crippen LogP contribution in [0.25, 0.3) is 6.08 Å². The summed E-state index contributed by atoms with van der Waals surface area (Å²) in [5, 5.41) is 0. The largest absolute Gasteiger partial charge is 0.493 e. The van der Waals surface area contributed by atoms with E-state index in [2.05, 4.69) is 0 Å². The van der Waals surface area contributed by atoms with Crippen molar-refractivity contribution in [3.63, 3.8) is 0 Å². The number of benzene rings is 1. The van der Waals surface area contributed by atoms with Crippen LogP contribution in [0.4, 0.5) is 0 Å². The summed E-state index contributed by atoms with van der Waals surface area (Å²) >= 11 is 0. The van der Waals surface area contributed by atoms with Crippen molar-refractivity contribution >= 4 is 17.6 Å². The highest BCUT2D eigenvalue weighted by molar-refractivity contribution is 6.36. The van der Waals surface area contributed by atoms with Crippen molar-refractivity contribution in [2.75, 3.05) is 6.61 Å². The molecule has 0 atom stereocenters. The van der Waals surface area contributed by atoms with Gasteiger partial charge in [-0.1, -0.05) is 36.4 Å². The van der Waals surface area contributed by atoms with E-state index in [1.807, 2.05) is 43.3 Å². The lowest BCUT2D eigenvalue weighted by Crippen LogP contribution is -2.08. The smallest absolute Gasteiger partial charge is 0.196 e. The van der Waals surface area contributed by atoms with Gasteiger partial charge in [-0.2, -0.15) is 0 Å². The van der Waals surface area contributed by atoms with Crippen LogP contribution in [0.15, 0.2) is 59.4 Å². The molecule has 3 nitrogen and oxygen atoms in total. The van der Waals surface area contributed by atoms with Crippen molar-refractivity contribution in [3.05, 3.63) is 65.0 Å². The first kappa shape index (κ1) is 14.0. The van der Waals surface area contributed by atoms with Crippen molar-refractivity contribution in [1.29, 1.82) is 0 Å². The van der Waals surface area contributed by atoms with Gasteiger partial charge < -0.3 is 4.74 Å². The van der Waals surface area contributed by atoms with Crippen LogP contribution in [0.2, 0.25) is 0 Å². The maximum absolute atomic E-state index is 12.0. The molecule has 0 saturated heterocycles. The minimum absolute atomic E-state index is 0.122. The molecule has 2 rings (SSSR count). The fourth-order valence-electron chi connectivity index (χ4n) is 1.97. The molecule has 0 heterocycles. The van der Waals surface area contributed by atoms with E-state index in [-0.39, 0.29) is 17.1 Å². The maximum Gasteiger partial charge on any atom is 0.196 e. The topological polar surface area (TPSA) is 43.4 Å². The zero-order chi connectivity index (χ0) is 14.5. The van der Waals surface area contributed by atoms with E-state index in [0.29, 0.717) is 17.9 Å². The monoisotopic (exact) mass is 268 g/mol. The van der Waals surface area contributed by atoms with Crippen molar-refractivity contribution in [2.24, 2.45) is 0 Å². The molecular formula is C17H16O3. The van der Waals surface area contributed by atoms with Crippen LogP contribution in [0, 0.1) is 0 Å². The molecule has 3 heteroatoms. The van der Waals surface area contributed by atoms with Gasteiger partial charge in [-0.25, -0.2) is 0 Å². The first-order valence-corrected chi connectivity index (χ1v) is 6.51. The predicted octanol–water partition coefficient (Wildman–Crippen LogP) is 3.09. The van der Waals surface area contributed by atoms with Gasteiger partial charge in [0.25, 0.3) is 0 Å². The van der Waals surface area contributed by atoms with Crippen molar-refractivity contribution in [1.82, 2.24) is 0 Å². The summed E-state index contributed by atoms with van der Waals surface area (Å²) in [6.07, 6.45) is 4.86. The highest BCUT2D eigenvalue weighted by atomic mass is 16.5. The third-order valence-corrected chi connectivity index (χ3v) is 2.95. The van der Waals surface area contributed by atoms with Crippen molar-refractivity contribution in [3.8, 4) is 0 Å². The van der Waals surface area contributed by atoms with Crippen LogP contribution in [0.1, 0.15) is 19.4 Å². The van der Waals surface area contributed by atoms with Gasteiger partial charge in [0.05, 0.1) is 6.61 Å². The summed E-state index contributed by atoms with van der Waals surface area (Å²) in [6, 6.07) is 9.64. The Labute approximate surface area is 118 Å². The third kappa shape index (κ3) is 2.94. The van der Waals surface area contributed by atoms with E-state index < -0.39 is 0 Å². The summed E-state index contributed by atoms with van der Waals surface area (Å²) in [6.45, 7) is 3.86. The van der Waals surface area contributed by atoms with Gasteiger partial charge in [0.15, 0.2) is 11.6 Å². The molecule has 0 N–H and O–H groups in total. The van der Waals surface area contributed by atoms with E-state index in [9.17, 15) is 9.59 Å². The number of carbonyl (C=O) groups is 2. The van der Waals surface area contributed by atoms with E-state index in [1.165, 1.54) is 6.08 Å². The Morgan fingerprint density at radius 1 is 1.20 bits per heavy atom. The summed E-state index contributed by atoms with van der Waals surface area (Å²) in [4.78, 5) is 23.8. The lowest BCUT2D eigenvalue weighted by molar-refractivity contribution is -0.116. The highest BCUT2D eigenvalue weighted by Crippen LogP contribution is 2.22. The molecule has 1 aromatic carbocycles. The van der Waals surface area contributed by atoms with Gasteiger partial charge in [0.1, 0.15) is 11.3 Å². The van der Waals surface area contributed by atoms with Crippen LogP contribution >= 0.6 is 0 Å². The molecule has 0 aliphatic heterocycles. The molecular weight excluding hydrogens is 252 g/mol. The molecule has 1 aliphatic carbocycles. The Hall–Kier alpha value is -2.42. The SMILES string of the molecule is CCOC(/C=C/c1ccccc1)=C1/C(=O)C=C(C)C1=O. The number of carbonyl (C=O) groups excluding carboxylic acids is 2. The molecule has 1 aliphatic rings. The van der Waals surface area contributed by atoms with E-state index >= 15 is 0 Å². The number of hydrogen-bond acceptors (Lipinski definition) is 3. The zero-order valence-corrected chi connectivity index (χ0v) is 11.6. The van der Waals surface area contributed by atoms with Gasteiger partial charge >= 0.3 is 0 Å². The molecule has 0 spiro atoms. The Balaban J connectivity index is 2.35. The molecule has 20 heavy (non-hydrogen) atoms. The van der Waals surface area contributed by atoms with E-state index in [0.717, 1.165) is 5.56 Å². The van der Waals surface area contributed by atoms with Crippen LogP contribution < -0.4 is 0 Å². The minimum atomic E-state index is -0.284. The van der Waals surface area contributed by atoms with Crippen LogP contribution in [0.3, 0.4) is 0 Å². The number of ether oxygens (including phenoxy) is 1. The Bertz CT molecular complexity index is 619. The molecule has 1 aromatic rings. The average Bonchev–Trinajstić information content (AvgIpc) is 2.70. The number of ketones is 2. The fraction of sp³-hybridized carbons (Fsp3) is 0.176. The van der Waals surface area contributed by atoms with Gasteiger partial charge in [0.2, 0.25) is 0 Å². The second kappa shape index (κ2) is 6.15. The molecule has 0 unspecified atom stereocenters. The predicted molar refractivity (Wildman–Crippen MR) is 77.9 cm³/mol. The van der Waals surface area contributed by atoms with Crippen molar-refractivity contribution in [2.45, 2.75) is 13.8 Å². The molecule has 0 saturated carbocycles. The first-order chi connectivity index (χ1) is 9.63. The Kier molecular flexibility index (Phi) is 4.31. The number of allylic oxidation sites excluding steroid dienone is 4. The van der Waals surface area contributed by atoms with Crippen LogP contribution in [0.5, 0.6) is 0 Å². The molecule has 0 aromatic heterocycles. The van der Waals surface area contributed by atoms with Gasteiger partial charge in [0, 0.05) is 5.57 Å². The number of hydrogen-bond donors (Lipinski definition) is 0. The van der Waals surface area contributed by atoms with Crippen LogP contribution in [-0.2, 0) is 14.3 Å². The van der Waals surface area contributed by atoms with E-state index in [4.69, 9.17) is 4.74 Å². The minimum Gasteiger partial charge on any atom is -0.493 e. The second-order valence-corrected chi connectivity index (χ2v) is 4.44. The Morgan fingerprint density at radius 3 is 2.45 bits per heavy atom.